The summed E-state index contributed by atoms with van der Waals surface area (Å²) in [4.78, 5) is 24.4. The summed E-state index contributed by atoms with van der Waals surface area (Å²) in [5.74, 6) is -0.310. The van der Waals surface area contributed by atoms with Gasteiger partial charge in [0.2, 0.25) is 5.91 Å². The Hall–Kier alpha value is -1.40. The summed E-state index contributed by atoms with van der Waals surface area (Å²) < 4.78 is 0. The summed E-state index contributed by atoms with van der Waals surface area (Å²) in [5.41, 5.74) is 5.70. The number of urea groups is 1. The summed E-state index contributed by atoms with van der Waals surface area (Å²) >= 11 is 0. The van der Waals surface area contributed by atoms with E-state index in [4.69, 9.17) is 5.73 Å². The molecule has 1 saturated heterocycles. The molecule has 1 atom stereocenters. The molecule has 0 aliphatic carbocycles. The van der Waals surface area contributed by atoms with Gasteiger partial charge >= 0.3 is 6.03 Å². The second-order valence-corrected chi connectivity index (χ2v) is 3.83. The van der Waals surface area contributed by atoms with Gasteiger partial charge in [-0.3, -0.25) is 15.0 Å². The number of likely N-dealkylation sites (tertiary alicyclic amines) is 1. The van der Waals surface area contributed by atoms with E-state index in [9.17, 15) is 9.59 Å². The summed E-state index contributed by atoms with van der Waals surface area (Å²) in [6.45, 7) is 5.53. The maximum absolute atomic E-state index is 11.4. The summed E-state index contributed by atoms with van der Waals surface area (Å²) in [7, 11) is 0. The van der Waals surface area contributed by atoms with E-state index in [1.54, 1.807) is 6.08 Å². The minimum atomic E-state index is -0.492. The fourth-order valence-electron chi connectivity index (χ4n) is 1.58. The third-order valence-corrected chi connectivity index (χ3v) is 2.34. The van der Waals surface area contributed by atoms with Gasteiger partial charge in [-0.1, -0.05) is 6.08 Å². The van der Waals surface area contributed by atoms with Gasteiger partial charge in [0.05, 0.1) is 6.54 Å². The molecule has 0 bridgehead atoms. The van der Waals surface area contributed by atoms with Crippen molar-refractivity contribution >= 4 is 11.9 Å². The van der Waals surface area contributed by atoms with Gasteiger partial charge in [-0.15, -0.1) is 6.58 Å². The zero-order valence-electron chi connectivity index (χ0n) is 9.24. The van der Waals surface area contributed by atoms with E-state index in [0.717, 1.165) is 13.0 Å². The predicted molar refractivity (Wildman–Crippen MR) is 60.8 cm³/mol. The van der Waals surface area contributed by atoms with Gasteiger partial charge in [-0.05, 0) is 6.42 Å². The molecule has 0 unspecified atom stereocenters. The van der Waals surface area contributed by atoms with Crippen molar-refractivity contribution in [3.63, 3.8) is 0 Å². The highest BCUT2D eigenvalue weighted by molar-refractivity contribution is 5.95. The van der Waals surface area contributed by atoms with Crippen molar-refractivity contribution in [1.82, 2.24) is 15.5 Å². The number of imide groups is 1. The Labute approximate surface area is 94.9 Å². The van der Waals surface area contributed by atoms with Crippen molar-refractivity contribution in [3.8, 4) is 0 Å². The Kier molecular flexibility index (Phi) is 4.94. The minimum Gasteiger partial charge on any atom is -0.334 e. The van der Waals surface area contributed by atoms with E-state index in [0.29, 0.717) is 13.1 Å². The lowest BCUT2D eigenvalue weighted by atomic mass is 10.3. The van der Waals surface area contributed by atoms with E-state index in [1.165, 1.54) is 0 Å². The highest BCUT2D eigenvalue weighted by Gasteiger charge is 2.21. The van der Waals surface area contributed by atoms with E-state index in [2.05, 4.69) is 17.2 Å². The molecule has 0 spiro atoms. The average Bonchev–Trinajstić information content (AvgIpc) is 2.60. The molecule has 6 heteroatoms. The Morgan fingerprint density at radius 1 is 1.56 bits per heavy atom. The fraction of sp³-hybridized carbons (Fsp3) is 0.600. The van der Waals surface area contributed by atoms with Crippen molar-refractivity contribution in [2.24, 2.45) is 5.73 Å². The quantitative estimate of drug-likeness (QED) is 0.538. The highest BCUT2D eigenvalue weighted by atomic mass is 16.2. The lowest BCUT2D eigenvalue weighted by molar-refractivity contribution is -0.120. The highest BCUT2D eigenvalue weighted by Crippen LogP contribution is 2.05. The largest absolute Gasteiger partial charge is 0.334 e. The molecule has 1 heterocycles. The molecule has 1 fully saturated rings. The third kappa shape index (κ3) is 4.41. The van der Waals surface area contributed by atoms with Gasteiger partial charge in [0.25, 0.3) is 0 Å². The number of hydrogen-bond donors (Lipinski definition) is 3. The van der Waals surface area contributed by atoms with Crippen LogP contribution in [0.1, 0.15) is 6.42 Å². The molecule has 1 aliphatic heterocycles. The lowest BCUT2D eigenvalue weighted by Crippen LogP contribution is -2.44. The van der Waals surface area contributed by atoms with Gasteiger partial charge in [0, 0.05) is 25.7 Å². The van der Waals surface area contributed by atoms with Crippen LogP contribution in [0.15, 0.2) is 12.7 Å². The van der Waals surface area contributed by atoms with Crippen LogP contribution in [0.2, 0.25) is 0 Å². The molecule has 0 saturated carbocycles. The maximum Gasteiger partial charge on any atom is 0.321 e. The number of rotatable bonds is 4. The number of amides is 3. The Morgan fingerprint density at radius 2 is 2.31 bits per heavy atom. The van der Waals surface area contributed by atoms with Crippen LogP contribution in [0.4, 0.5) is 4.79 Å². The topological polar surface area (TPSA) is 87.5 Å². The molecule has 16 heavy (non-hydrogen) atoms. The number of nitrogens with two attached hydrogens (primary N) is 1. The first-order chi connectivity index (χ1) is 7.61. The average molecular weight is 226 g/mol. The molecule has 0 aromatic rings. The van der Waals surface area contributed by atoms with Gasteiger partial charge in [0.1, 0.15) is 0 Å². The normalized spacial score (nSPS) is 20.4. The van der Waals surface area contributed by atoms with Crippen LogP contribution >= 0.6 is 0 Å². The van der Waals surface area contributed by atoms with E-state index < -0.39 is 6.03 Å². The molecule has 1 rings (SSSR count). The second kappa shape index (κ2) is 6.24. The zero-order chi connectivity index (χ0) is 12.0. The lowest BCUT2D eigenvalue weighted by Gasteiger charge is -2.14. The molecule has 0 radical (unpaired) electrons. The molecule has 0 aromatic carbocycles. The van der Waals surface area contributed by atoms with Gasteiger partial charge in [-0.25, -0.2) is 4.79 Å². The van der Waals surface area contributed by atoms with Crippen molar-refractivity contribution in [2.75, 3.05) is 26.2 Å². The molecule has 90 valence electrons. The minimum absolute atomic E-state index is 0.141. The van der Waals surface area contributed by atoms with E-state index in [1.807, 2.05) is 4.90 Å². The van der Waals surface area contributed by atoms with Crippen LogP contribution < -0.4 is 16.4 Å². The number of hydrogen-bond acceptors (Lipinski definition) is 4. The Bertz CT molecular complexity index is 280. The van der Waals surface area contributed by atoms with Crippen molar-refractivity contribution in [3.05, 3.63) is 12.7 Å². The molecule has 1 aliphatic rings. The smallest absolute Gasteiger partial charge is 0.321 e. The molecule has 4 N–H and O–H groups in total. The molecule has 6 nitrogen and oxygen atoms in total. The fourth-order valence-corrected chi connectivity index (χ4v) is 1.58. The summed E-state index contributed by atoms with van der Waals surface area (Å²) in [5, 5.41) is 4.70. The number of nitrogens with zero attached hydrogens (tertiary/aromatic N) is 1. The first-order valence-electron chi connectivity index (χ1n) is 5.28. The third-order valence-electron chi connectivity index (χ3n) is 2.34. The molecular formula is C10H18N4O2. The predicted octanol–water partition coefficient (Wildman–Crippen LogP) is -0.969. The number of carbonyl (C=O) groups excluding carboxylic acids is 2. The molecule has 3 amide bonds. The monoisotopic (exact) mass is 226 g/mol. The SMILES string of the molecule is C=CCNC(=O)NC(=O)CN1CC[C@H](N)C1. The maximum atomic E-state index is 11.4. The summed E-state index contributed by atoms with van der Waals surface area (Å²) in [6, 6.07) is -0.351. The van der Waals surface area contributed by atoms with Crippen LogP contribution in [0, 0.1) is 0 Å². The molecule has 0 aromatic heterocycles. The standard InChI is InChI=1S/C10H18N4O2/c1-2-4-12-10(16)13-9(15)7-14-5-3-8(11)6-14/h2,8H,1,3-7,11H2,(H2,12,13,15,16)/t8-/m0/s1. The Morgan fingerprint density at radius 3 is 2.88 bits per heavy atom. The van der Waals surface area contributed by atoms with E-state index in [-0.39, 0.29) is 18.5 Å². The van der Waals surface area contributed by atoms with Gasteiger partial charge < -0.3 is 11.1 Å². The van der Waals surface area contributed by atoms with Crippen LogP contribution in [0.5, 0.6) is 0 Å². The van der Waals surface area contributed by atoms with Crippen molar-refractivity contribution in [1.29, 1.82) is 0 Å². The van der Waals surface area contributed by atoms with E-state index >= 15 is 0 Å². The summed E-state index contributed by atoms with van der Waals surface area (Å²) in [6.07, 6.45) is 2.44. The van der Waals surface area contributed by atoms with Crippen LogP contribution in [0.3, 0.4) is 0 Å². The molecular weight excluding hydrogens is 208 g/mol. The zero-order valence-corrected chi connectivity index (χ0v) is 9.24. The first-order valence-corrected chi connectivity index (χ1v) is 5.28. The number of nitrogens with one attached hydrogen (secondary N) is 2. The van der Waals surface area contributed by atoms with Crippen molar-refractivity contribution in [2.45, 2.75) is 12.5 Å². The second-order valence-electron chi connectivity index (χ2n) is 3.83. The van der Waals surface area contributed by atoms with Gasteiger partial charge in [-0.2, -0.15) is 0 Å². The van der Waals surface area contributed by atoms with Crippen LogP contribution in [-0.2, 0) is 4.79 Å². The first kappa shape index (κ1) is 12.7. The number of carbonyl (C=O) groups is 2. The van der Waals surface area contributed by atoms with Crippen LogP contribution in [-0.4, -0.2) is 49.1 Å². The van der Waals surface area contributed by atoms with Crippen molar-refractivity contribution < 1.29 is 9.59 Å². The van der Waals surface area contributed by atoms with Crippen LogP contribution in [0.25, 0.3) is 0 Å². The van der Waals surface area contributed by atoms with Gasteiger partial charge in [0.15, 0.2) is 0 Å². The Balaban J connectivity index is 2.20.